The molecule has 0 aliphatic carbocycles. The first-order chi connectivity index (χ1) is 9.43. The monoisotopic (exact) mass is 278 g/mol. The van der Waals surface area contributed by atoms with E-state index in [1.807, 2.05) is 0 Å². The number of carboxylic acids is 1. The van der Waals surface area contributed by atoms with Crippen molar-refractivity contribution in [2.24, 2.45) is 5.11 Å². The van der Waals surface area contributed by atoms with Crippen molar-refractivity contribution in [1.82, 2.24) is 5.32 Å². The minimum Gasteiger partial charge on any atom is -0.507 e. The van der Waals surface area contributed by atoms with Gasteiger partial charge in [-0.25, -0.2) is 4.79 Å². The molecule has 0 bridgehead atoms. The lowest BCUT2D eigenvalue weighted by atomic mass is 10.2. The molecule has 0 unspecified atom stereocenters. The van der Waals surface area contributed by atoms with Crippen LogP contribution in [0.25, 0.3) is 10.4 Å². The largest absolute Gasteiger partial charge is 0.507 e. The van der Waals surface area contributed by atoms with E-state index in [4.69, 9.17) is 15.7 Å². The predicted octanol–water partition coefficient (Wildman–Crippen LogP) is 1.46. The quantitative estimate of drug-likeness (QED) is 0.323. The Morgan fingerprint density at radius 2 is 1.90 bits per heavy atom. The molecule has 2 amide bonds. The van der Waals surface area contributed by atoms with E-state index in [2.05, 4.69) is 15.3 Å². The van der Waals surface area contributed by atoms with Crippen molar-refractivity contribution in [3.8, 4) is 5.75 Å². The molecule has 104 valence electrons. The van der Waals surface area contributed by atoms with Crippen LogP contribution in [0.1, 0.15) is 23.2 Å². The molecule has 0 atom stereocenters. The van der Waals surface area contributed by atoms with Crippen LogP contribution >= 0.6 is 0 Å². The van der Waals surface area contributed by atoms with Gasteiger partial charge in [0.1, 0.15) is 11.3 Å². The van der Waals surface area contributed by atoms with E-state index in [-0.39, 0.29) is 23.1 Å². The van der Waals surface area contributed by atoms with E-state index in [1.165, 1.54) is 12.1 Å². The number of carbonyl (C=O) groups is 3. The first kappa shape index (κ1) is 15.0. The van der Waals surface area contributed by atoms with Crippen molar-refractivity contribution < 1.29 is 24.6 Å². The molecule has 0 spiro atoms. The summed E-state index contributed by atoms with van der Waals surface area (Å²) in [5.41, 5.74) is 8.00. The second-order valence-corrected chi connectivity index (χ2v) is 3.67. The van der Waals surface area contributed by atoms with Gasteiger partial charge in [0, 0.05) is 23.4 Å². The van der Waals surface area contributed by atoms with Gasteiger partial charge in [0.2, 0.25) is 11.8 Å². The topological polar surface area (TPSA) is 152 Å². The van der Waals surface area contributed by atoms with E-state index in [0.29, 0.717) is 12.8 Å². The van der Waals surface area contributed by atoms with Gasteiger partial charge in [0.05, 0.1) is 0 Å². The number of aromatic hydroxyl groups is 1. The number of phenols is 1. The summed E-state index contributed by atoms with van der Waals surface area (Å²) in [6.07, 6.45) is 0.748. The fourth-order valence-electron chi connectivity index (χ4n) is 1.32. The van der Waals surface area contributed by atoms with Crippen molar-refractivity contribution in [1.29, 1.82) is 0 Å². The van der Waals surface area contributed by atoms with Crippen molar-refractivity contribution in [3.05, 3.63) is 34.2 Å². The van der Waals surface area contributed by atoms with Crippen LogP contribution in [0.5, 0.6) is 5.75 Å². The molecule has 3 N–H and O–H groups in total. The van der Waals surface area contributed by atoms with Gasteiger partial charge in [-0.2, -0.15) is 0 Å². The minimum absolute atomic E-state index is 0.148. The highest BCUT2D eigenvalue weighted by Gasteiger charge is 2.15. The molecule has 20 heavy (non-hydrogen) atoms. The highest BCUT2D eigenvalue weighted by molar-refractivity contribution is 6.01. The molecule has 0 saturated carbocycles. The summed E-state index contributed by atoms with van der Waals surface area (Å²) in [6, 6.07) is 3.56. The molecule has 1 aromatic carbocycles. The maximum Gasteiger partial charge on any atom is 0.339 e. The molecule has 1 fully saturated rings. The Labute approximate surface area is 112 Å². The van der Waals surface area contributed by atoms with Crippen LogP contribution in [-0.2, 0) is 9.59 Å². The lowest BCUT2D eigenvalue weighted by molar-refractivity contribution is -0.124. The number of hydrogen-bond donors (Lipinski definition) is 3. The van der Waals surface area contributed by atoms with Crippen molar-refractivity contribution in [2.45, 2.75) is 12.8 Å². The van der Waals surface area contributed by atoms with Gasteiger partial charge in [-0.3, -0.25) is 14.9 Å². The molecule has 1 aliphatic heterocycles. The number of imide groups is 1. The van der Waals surface area contributed by atoms with Gasteiger partial charge in [0.15, 0.2) is 0 Å². The lowest BCUT2D eigenvalue weighted by Crippen LogP contribution is -2.18. The summed E-state index contributed by atoms with van der Waals surface area (Å²) in [4.78, 5) is 33.2. The van der Waals surface area contributed by atoms with E-state index in [0.717, 1.165) is 6.07 Å². The summed E-state index contributed by atoms with van der Waals surface area (Å²) in [6.45, 7) is 0. The number of azide groups is 1. The smallest absolute Gasteiger partial charge is 0.339 e. The normalized spacial score (nSPS) is 12.8. The molecule has 9 nitrogen and oxygen atoms in total. The summed E-state index contributed by atoms with van der Waals surface area (Å²) in [7, 11) is 0. The lowest BCUT2D eigenvalue weighted by Gasteiger charge is -1.98. The number of hydrogen-bond acceptors (Lipinski definition) is 5. The number of amides is 2. The van der Waals surface area contributed by atoms with Crippen LogP contribution in [0, 0.1) is 0 Å². The van der Waals surface area contributed by atoms with Crippen LogP contribution in [0.15, 0.2) is 23.3 Å². The summed E-state index contributed by atoms with van der Waals surface area (Å²) in [5.74, 6) is -1.95. The maximum atomic E-state index is 10.4. The molecule has 9 heteroatoms. The molecular weight excluding hydrogens is 268 g/mol. The van der Waals surface area contributed by atoms with E-state index in [9.17, 15) is 14.4 Å². The minimum atomic E-state index is -1.23. The Hall–Kier alpha value is -3.06. The van der Waals surface area contributed by atoms with Crippen molar-refractivity contribution in [2.75, 3.05) is 0 Å². The molecular formula is C11H10N4O5. The first-order valence-corrected chi connectivity index (χ1v) is 5.38. The van der Waals surface area contributed by atoms with Crippen LogP contribution in [0.4, 0.5) is 5.69 Å². The number of benzene rings is 1. The number of carbonyl (C=O) groups excluding carboxylic acids is 2. The van der Waals surface area contributed by atoms with Gasteiger partial charge in [-0.15, -0.1) is 0 Å². The molecule has 0 aromatic heterocycles. The van der Waals surface area contributed by atoms with E-state index in [1.54, 1.807) is 0 Å². The van der Waals surface area contributed by atoms with E-state index < -0.39 is 11.7 Å². The number of aromatic carboxylic acids is 1. The Morgan fingerprint density at radius 1 is 1.30 bits per heavy atom. The van der Waals surface area contributed by atoms with Crippen LogP contribution < -0.4 is 5.32 Å². The molecule has 1 aromatic rings. The first-order valence-electron chi connectivity index (χ1n) is 5.38. The van der Waals surface area contributed by atoms with Gasteiger partial charge in [-0.1, -0.05) is 11.2 Å². The third-order valence-corrected chi connectivity index (χ3v) is 2.23. The second-order valence-electron chi connectivity index (χ2n) is 3.67. The number of carboxylic acid groups (broad SMARTS) is 1. The van der Waals surface area contributed by atoms with Crippen molar-refractivity contribution >= 4 is 23.5 Å². The Kier molecular flexibility index (Phi) is 5.07. The zero-order chi connectivity index (χ0) is 15.1. The molecule has 1 aliphatic rings. The number of rotatable bonds is 2. The van der Waals surface area contributed by atoms with Crippen molar-refractivity contribution in [3.63, 3.8) is 0 Å². The van der Waals surface area contributed by atoms with E-state index >= 15 is 0 Å². The summed E-state index contributed by atoms with van der Waals surface area (Å²) in [5, 5.41) is 23.0. The van der Waals surface area contributed by atoms with Crippen LogP contribution in [0.2, 0.25) is 0 Å². The van der Waals surface area contributed by atoms with Gasteiger partial charge >= 0.3 is 5.97 Å². The Bertz CT molecular complexity index is 593. The SMILES string of the molecule is O=C1CCC(=O)N1.[N-]=[N+]=Nc1ccc(C(=O)O)c(O)c1. The summed E-state index contributed by atoms with van der Waals surface area (Å²) < 4.78 is 0. The average Bonchev–Trinajstić information content (AvgIpc) is 2.74. The molecule has 1 heterocycles. The van der Waals surface area contributed by atoms with Crippen LogP contribution in [-0.4, -0.2) is 28.0 Å². The zero-order valence-corrected chi connectivity index (χ0v) is 10.1. The second kappa shape index (κ2) is 6.76. The third kappa shape index (κ3) is 4.31. The summed E-state index contributed by atoms with van der Waals surface area (Å²) >= 11 is 0. The predicted molar refractivity (Wildman–Crippen MR) is 66.3 cm³/mol. The van der Waals surface area contributed by atoms with Gasteiger partial charge in [0.25, 0.3) is 0 Å². The van der Waals surface area contributed by atoms with Crippen LogP contribution in [0.3, 0.4) is 0 Å². The molecule has 1 saturated heterocycles. The van der Waals surface area contributed by atoms with Gasteiger partial charge in [-0.05, 0) is 17.7 Å². The number of nitrogens with zero attached hydrogens (tertiary/aromatic N) is 3. The fraction of sp³-hybridized carbons (Fsp3) is 0.182. The maximum absolute atomic E-state index is 10.4. The average molecular weight is 278 g/mol. The fourth-order valence-corrected chi connectivity index (χ4v) is 1.32. The van der Waals surface area contributed by atoms with Gasteiger partial charge < -0.3 is 10.2 Å². The third-order valence-electron chi connectivity index (χ3n) is 2.23. The molecule has 0 radical (unpaired) electrons. The highest BCUT2D eigenvalue weighted by Crippen LogP contribution is 2.23. The standard InChI is InChI=1S/C7H5N3O3.C4H5NO2/c8-10-9-4-1-2-5(7(12)13)6(11)3-4;6-3-1-2-4(7)5-3/h1-3,11H,(H,12,13);1-2H2,(H,5,6,7). The Balaban J connectivity index is 0.000000240. The zero-order valence-electron chi connectivity index (χ0n) is 10.1. The number of nitrogens with one attached hydrogen (secondary N) is 1. The highest BCUT2D eigenvalue weighted by atomic mass is 16.4. The Morgan fingerprint density at radius 3 is 2.25 bits per heavy atom. The molecule has 2 rings (SSSR count).